The van der Waals surface area contributed by atoms with Crippen molar-refractivity contribution in [3.8, 4) is 17.0 Å². The lowest BCUT2D eigenvalue weighted by Gasteiger charge is -2.31. The number of piperidine rings is 1. The summed E-state index contributed by atoms with van der Waals surface area (Å²) in [6.45, 7) is 5.40. The standard InChI is InChI=1S/C29H33N9O2/c1-4-11-37-12-8-20(9-13-37)38-28-25(27(30)32-17-33-28)26(35-38)18-5-6-21(24(15-18)40-3)34-29(39)23-14-19-16-31-10-7-22(19)36(23)2/h5-7,10,14-17,20H,4,8-9,11-13H2,1-3H3,(H,34,39)(H2,30,32,33). The molecule has 40 heavy (non-hydrogen) atoms. The number of ether oxygens (including phenoxy) is 1. The van der Waals surface area contributed by atoms with Crippen molar-refractivity contribution >= 4 is 39.3 Å². The molecule has 1 aliphatic heterocycles. The maximum absolute atomic E-state index is 13.2. The summed E-state index contributed by atoms with van der Waals surface area (Å²) in [7, 11) is 3.44. The van der Waals surface area contributed by atoms with Crippen LogP contribution in [0.15, 0.2) is 49.1 Å². The van der Waals surface area contributed by atoms with Crippen LogP contribution in [-0.2, 0) is 7.05 Å². The molecule has 0 aliphatic carbocycles. The average Bonchev–Trinajstić information content (AvgIpc) is 3.53. The second-order valence-electron chi connectivity index (χ2n) is 10.2. The van der Waals surface area contributed by atoms with Crippen molar-refractivity contribution in [2.75, 3.05) is 37.8 Å². The zero-order valence-electron chi connectivity index (χ0n) is 23.0. The molecule has 0 saturated carbocycles. The SMILES string of the molecule is CCCN1CCC(n2nc(-c3ccc(NC(=O)c4cc5cnccc5n4C)c(OC)c3)c3c(N)ncnc32)CC1. The first-order valence-electron chi connectivity index (χ1n) is 13.6. The third kappa shape index (κ3) is 4.51. The van der Waals surface area contributed by atoms with Crippen LogP contribution in [0.5, 0.6) is 5.75 Å². The zero-order valence-corrected chi connectivity index (χ0v) is 23.0. The van der Waals surface area contributed by atoms with Crippen molar-refractivity contribution in [2.24, 2.45) is 7.05 Å². The molecule has 1 fully saturated rings. The monoisotopic (exact) mass is 539 g/mol. The van der Waals surface area contributed by atoms with Gasteiger partial charge >= 0.3 is 0 Å². The minimum Gasteiger partial charge on any atom is -0.495 e. The molecular weight excluding hydrogens is 506 g/mol. The third-order valence-electron chi connectivity index (χ3n) is 7.76. The van der Waals surface area contributed by atoms with E-state index in [0.29, 0.717) is 28.6 Å². The average molecular weight is 540 g/mol. The Labute approximate surface area is 232 Å². The predicted octanol–water partition coefficient (Wildman–Crippen LogP) is 4.27. The van der Waals surface area contributed by atoms with Gasteiger partial charge in [0.15, 0.2) is 5.65 Å². The van der Waals surface area contributed by atoms with Crippen molar-refractivity contribution in [2.45, 2.75) is 32.2 Å². The van der Waals surface area contributed by atoms with Crippen molar-refractivity contribution in [1.29, 1.82) is 0 Å². The maximum Gasteiger partial charge on any atom is 0.272 e. The Bertz CT molecular complexity index is 1700. The summed E-state index contributed by atoms with van der Waals surface area (Å²) in [4.78, 5) is 28.7. The number of carbonyl (C=O) groups excluding carboxylic acids is 1. The van der Waals surface area contributed by atoms with Crippen LogP contribution in [0.25, 0.3) is 33.2 Å². The molecule has 1 amide bonds. The number of aryl methyl sites for hydroxylation is 1. The first-order chi connectivity index (χ1) is 19.5. The topological polar surface area (TPSA) is 129 Å². The minimum atomic E-state index is -0.244. The number of nitrogens with one attached hydrogen (secondary N) is 1. The Morgan fingerprint density at radius 1 is 1.18 bits per heavy atom. The van der Waals surface area contributed by atoms with E-state index in [1.54, 1.807) is 19.5 Å². The van der Waals surface area contributed by atoms with Crippen LogP contribution >= 0.6 is 0 Å². The van der Waals surface area contributed by atoms with Gasteiger partial charge in [-0.2, -0.15) is 5.10 Å². The van der Waals surface area contributed by atoms with Crippen LogP contribution in [0.4, 0.5) is 11.5 Å². The normalized spacial score (nSPS) is 14.7. The van der Waals surface area contributed by atoms with Crippen molar-refractivity contribution in [1.82, 2.24) is 34.2 Å². The molecule has 3 N–H and O–H groups in total. The van der Waals surface area contributed by atoms with E-state index in [-0.39, 0.29) is 11.9 Å². The Hall–Kier alpha value is -4.51. The molecule has 11 nitrogen and oxygen atoms in total. The highest BCUT2D eigenvalue weighted by Gasteiger charge is 2.26. The van der Waals surface area contributed by atoms with E-state index in [9.17, 15) is 4.79 Å². The van der Waals surface area contributed by atoms with Gasteiger partial charge in [0.2, 0.25) is 0 Å². The lowest BCUT2D eigenvalue weighted by Crippen LogP contribution is -2.35. The van der Waals surface area contributed by atoms with Gasteiger partial charge < -0.3 is 25.3 Å². The highest BCUT2D eigenvalue weighted by molar-refractivity contribution is 6.07. The molecular formula is C29H33N9O2. The number of amides is 1. The fourth-order valence-corrected chi connectivity index (χ4v) is 5.69. The maximum atomic E-state index is 13.2. The van der Waals surface area contributed by atoms with Crippen LogP contribution in [-0.4, -0.2) is 66.9 Å². The van der Waals surface area contributed by atoms with E-state index in [1.165, 1.54) is 6.33 Å². The van der Waals surface area contributed by atoms with E-state index in [0.717, 1.165) is 66.4 Å². The quantitative estimate of drug-likeness (QED) is 0.314. The second kappa shape index (κ2) is 10.6. The Balaban J connectivity index is 1.32. The summed E-state index contributed by atoms with van der Waals surface area (Å²) in [6, 6.07) is 9.54. The fourth-order valence-electron chi connectivity index (χ4n) is 5.69. The number of benzene rings is 1. The number of carbonyl (C=O) groups is 1. The van der Waals surface area contributed by atoms with Gasteiger partial charge in [0, 0.05) is 43.5 Å². The first-order valence-corrected chi connectivity index (χ1v) is 13.6. The molecule has 0 bridgehead atoms. The molecule has 11 heteroatoms. The molecule has 5 aromatic rings. The highest BCUT2D eigenvalue weighted by atomic mass is 16.5. The summed E-state index contributed by atoms with van der Waals surface area (Å²) in [5.41, 5.74) is 10.6. The number of methoxy groups -OCH3 is 1. The van der Waals surface area contributed by atoms with Crippen LogP contribution in [0.1, 0.15) is 42.7 Å². The summed E-state index contributed by atoms with van der Waals surface area (Å²) in [6.07, 6.45) is 8.10. The molecule has 1 saturated heterocycles. The number of hydrogen-bond acceptors (Lipinski definition) is 8. The molecule has 1 aromatic carbocycles. The minimum absolute atomic E-state index is 0.232. The van der Waals surface area contributed by atoms with Gasteiger partial charge in [-0.3, -0.25) is 9.78 Å². The summed E-state index contributed by atoms with van der Waals surface area (Å²) in [5.74, 6) is 0.653. The van der Waals surface area contributed by atoms with Gasteiger partial charge in [0.25, 0.3) is 5.91 Å². The number of hydrogen-bond donors (Lipinski definition) is 2. The third-order valence-corrected chi connectivity index (χ3v) is 7.76. The molecule has 0 spiro atoms. The number of nitrogen functional groups attached to an aromatic ring is 1. The lowest BCUT2D eigenvalue weighted by molar-refractivity contribution is 0.101. The largest absolute Gasteiger partial charge is 0.495 e. The molecule has 0 unspecified atom stereocenters. The van der Waals surface area contributed by atoms with Gasteiger partial charge in [-0.15, -0.1) is 0 Å². The van der Waals surface area contributed by atoms with E-state index < -0.39 is 0 Å². The molecule has 0 radical (unpaired) electrons. The Morgan fingerprint density at radius 2 is 2.00 bits per heavy atom. The predicted molar refractivity (Wildman–Crippen MR) is 155 cm³/mol. The van der Waals surface area contributed by atoms with Crippen molar-refractivity contribution < 1.29 is 9.53 Å². The Kier molecular flexibility index (Phi) is 6.81. The summed E-state index contributed by atoms with van der Waals surface area (Å²) in [5, 5.41) is 9.64. The van der Waals surface area contributed by atoms with E-state index in [4.69, 9.17) is 15.6 Å². The fraction of sp³-hybridized carbons (Fsp3) is 0.345. The smallest absolute Gasteiger partial charge is 0.272 e. The van der Waals surface area contributed by atoms with E-state index in [1.807, 2.05) is 46.6 Å². The number of nitrogens with two attached hydrogens (primary N) is 1. The summed E-state index contributed by atoms with van der Waals surface area (Å²) < 4.78 is 9.57. The molecule has 206 valence electrons. The number of rotatable bonds is 7. The molecule has 6 rings (SSSR count). The van der Waals surface area contributed by atoms with Gasteiger partial charge in [0.1, 0.15) is 29.3 Å². The van der Waals surface area contributed by atoms with Gasteiger partial charge in [-0.1, -0.05) is 13.0 Å². The van der Waals surface area contributed by atoms with Gasteiger partial charge in [-0.05, 0) is 50.1 Å². The highest BCUT2D eigenvalue weighted by Crippen LogP contribution is 2.37. The van der Waals surface area contributed by atoms with E-state index >= 15 is 0 Å². The number of likely N-dealkylation sites (tertiary alicyclic amines) is 1. The summed E-state index contributed by atoms with van der Waals surface area (Å²) >= 11 is 0. The van der Waals surface area contributed by atoms with Crippen LogP contribution in [0.3, 0.4) is 0 Å². The lowest BCUT2D eigenvalue weighted by atomic mass is 10.1. The number of nitrogens with zero attached hydrogens (tertiary/aromatic N) is 7. The van der Waals surface area contributed by atoms with Crippen LogP contribution in [0.2, 0.25) is 0 Å². The molecule has 4 aromatic heterocycles. The van der Waals surface area contributed by atoms with Crippen LogP contribution < -0.4 is 15.8 Å². The van der Waals surface area contributed by atoms with Gasteiger partial charge in [0.05, 0.1) is 29.7 Å². The Morgan fingerprint density at radius 3 is 2.75 bits per heavy atom. The van der Waals surface area contributed by atoms with Crippen LogP contribution in [0, 0.1) is 0 Å². The number of fused-ring (bicyclic) bond motifs is 2. The molecule has 5 heterocycles. The van der Waals surface area contributed by atoms with Crippen molar-refractivity contribution in [3.63, 3.8) is 0 Å². The molecule has 1 aliphatic rings. The molecule has 0 atom stereocenters. The van der Waals surface area contributed by atoms with Crippen molar-refractivity contribution in [3.05, 3.63) is 54.7 Å². The number of anilines is 2. The zero-order chi connectivity index (χ0) is 27.8. The number of pyridine rings is 1. The first kappa shape index (κ1) is 25.8. The number of aromatic nitrogens is 6. The van der Waals surface area contributed by atoms with Gasteiger partial charge in [-0.25, -0.2) is 14.6 Å². The van der Waals surface area contributed by atoms with E-state index in [2.05, 4.69) is 32.1 Å². The second-order valence-corrected chi connectivity index (χ2v) is 10.2.